The molecule has 0 atom stereocenters. The van der Waals surface area contributed by atoms with Crippen molar-refractivity contribution in [2.45, 2.75) is 6.92 Å². The van der Waals surface area contributed by atoms with Crippen molar-refractivity contribution >= 4 is 22.3 Å². The first-order chi connectivity index (χ1) is 7.26. The highest BCUT2D eigenvalue weighted by molar-refractivity contribution is 5.92. The third-order valence-corrected chi connectivity index (χ3v) is 2.41. The van der Waals surface area contributed by atoms with Gasteiger partial charge in [-0.1, -0.05) is 18.7 Å². The van der Waals surface area contributed by atoms with E-state index in [1.165, 1.54) is 0 Å². The van der Waals surface area contributed by atoms with E-state index in [2.05, 4.69) is 16.5 Å². The lowest BCUT2D eigenvalue weighted by Gasteiger charge is -1.94. The molecule has 15 heavy (non-hydrogen) atoms. The van der Waals surface area contributed by atoms with Gasteiger partial charge in [0.25, 0.3) is 0 Å². The van der Waals surface area contributed by atoms with Crippen LogP contribution in [-0.2, 0) is 0 Å². The summed E-state index contributed by atoms with van der Waals surface area (Å²) in [5, 5.41) is 0.953. The molecule has 2 heterocycles. The second kappa shape index (κ2) is 3.61. The fraction of sp³-hybridized carbons (Fsp3) is 0.0833. The number of nitrogens with zero attached hydrogens (tertiary/aromatic N) is 1. The number of aromatic amines is 1. The number of rotatable bonds is 2. The summed E-state index contributed by atoms with van der Waals surface area (Å²) < 4.78 is 0. The molecular formula is C12H13N3. The maximum absolute atomic E-state index is 5.85. The Labute approximate surface area is 88.3 Å². The van der Waals surface area contributed by atoms with Gasteiger partial charge in [0.05, 0.1) is 0 Å². The van der Waals surface area contributed by atoms with E-state index in [0.717, 1.165) is 28.0 Å². The van der Waals surface area contributed by atoms with Crippen LogP contribution in [0.3, 0.4) is 0 Å². The number of nitrogens with two attached hydrogens (primary N) is 1. The Morgan fingerprint density at radius 1 is 1.60 bits per heavy atom. The van der Waals surface area contributed by atoms with Gasteiger partial charge < -0.3 is 10.7 Å². The summed E-state index contributed by atoms with van der Waals surface area (Å²) in [4.78, 5) is 7.42. The zero-order valence-electron chi connectivity index (χ0n) is 8.62. The number of anilines is 1. The van der Waals surface area contributed by atoms with E-state index in [1.807, 2.05) is 19.1 Å². The van der Waals surface area contributed by atoms with Gasteiger partial charge in [0.1, 0.15) is 5.65 Å². The number of fused-ring (bicyclic) bond motifs is 1. The predicted octanol–water partition coefficient (Wildman–Crippen LogP) is 2.73. The minimum Gasteiger partial charge on any atom is -0.398 e. The molecule has 3 N–H and O–H groups in total. The topological polar surface area (TPSA) is 54.7 Å². The molecule has 3 heteroatoms. The van der Waals surface area contributed by atoms with Gasteiger partial charge in [0.15, 0.2) is 0 Å². The van der Waals surface area contributed by atoms with Crippen molar-refractivity contribution in [1.82, 2.24) is 9.97 Å². The molecule has 0 fully saturated rings. The van der Waals surface area contributed by atoms with Crippen LogP contribution in [0.15, 0.2) is 37.1 Å². The quantitative estimate of drug-likeness (QED) is 0.731. The van der Waals surface area contributed by atoms with Gasteiger partial charge in [-0.2, -0.15) is 0 Å². The van der Waals surface area contributed by atoms with Gasteiger partial charge in [0.2, 0.25) is 0 Å². The molecule has 0 amide bonds. The summed E-state index contributed by atoms with van der Waals surface area (Å²) in [6, 6.07) is 3.79. The van der Waals surface area contributed by atoms with E-state index in [9.17, 15) is 0 Å². The number of nitrogens with one attached hydrogen (secondary N) is 1. The van der Waals surface area contributed by atoms with Crippen LogP contribution in [-0.4, -0.2) is 9.97 Å². The number of nitrogen functional groups attached to an aromatic ring is 1. The van der Waals surface area contributed by atoms with E-state index in [1.54, 1.807) is 18.3 Å². The third kappa shape index (κ3) is 1.52. The Bertz CT molecular complexity index is 535. The largest absolute Gasteiger partial charge is 0.398 e. The molecule has 2 aromatic heterocycles. The van der Waals surface area contributed by atoms with Crippen LogP contribution in [0.1, 0.15) is 12.6 Å². The highest BCUT2D eigenvalue weighted by atomic mass is 14.9. The molecule has 0 saturated heterocycles. The summed E-state index contributed by atoms with van der Waals surface area (Å²) in [7, 11) is 0. The van der Waals surface area contributed by atoms with Crippen molar-refractivity contribution in [2.75, 3.05) is 5.73 Å². The molecular weight excluding hydrogens is 186 g/mol. The van der Waals surface area contributed by atoms with Crippen molar-refractivity contribution in [1.29, 1.82) is 0 Å². The predicted molar refractivity (Wildman–Crippen MR) is 64.4 cm³/mol. The van der Waals surface area contributed by atoms with Gasteiger partial charge in [-0.3, -0.25) is 0 Å². The average Bonchev–Trinajstić information content (AvgIpc) is 2.65. The number of H-pyrrole nitrogens is 1. The van der Waals surface area contributed by atoms with Crippen LogP contribution in [0.4, 0.5) is 5.69 Å². The second-order valence-electron chi connectivity index (χ2n) is 3.29. The van der Waals surface area contributed by atoms with E-state index >= 15 is 0 Å². The first kappa shape index (κ1) is 9.52. The summed E-state index contributed by atoms with van der Waals surface area (Å²) in [6.07, 6.45) is 5.50. The van der Waals surface area contributed by atoms with Crippen molar-refractivity contribution in [3.05, 3.63) is 42.8 Å². The number of hydrogen-bond donors (Lipinski definition) is 2. The maximum Gasteiger partial charge on any atom is 0.139 e. The summed E-state index contributed by atoms with van der Waals surface area (Å²) in [5.41, 5.74) is 9.44. The normalized spacial score (nSPS) is 11.9. The Hall–Kier alpha value is -2.03. The first-order valence-corrected chi connectivity index (χ1v) is 4.78. The molecule has 0 saturated carbocycles. The van der Waals surface area contributed by atoms with E-state index in [4.69, 9.17) is 5.73 Å². The number of hydrogen-bond acceptors (Lipinski definition) is 2. The number of allylic oxidation sites excluding steroid dienone is 3. The molecule has 0 aliphatic heterocycles. The van der Waals surface area contributed by atoms with Crippen LogP contribution in [0, 0.1) is 0 Å². The molecule has 0 unspecified atom stereocenters. The Morgan fingerprint density at radius 3 is 3.00 bits per heavy atom. The standard InChI is InChI=1S/C12H13N3/c1-3-8(4-2)11-7-9-10(13)5-6-14-12(9)15-11/h3-7H,1H2,2H3,(H3,13,14,15)/b8-4+. The lowest BCUT2D eigenvalue weighted by atomic mass is 10.1. The van der Waals surface area contributed by atoms with Gasteiger partial charge in [-0.15, -0.1) is 0 Å². The first-order valence-electron chi connectivity index (χ1n) is 4.78. The van der Waals surface area contributed by atoms with Gasteiger partial charge >= 0.3 is 0 Å². The molecule has 2 rings (SSSR count). The minimum absolute atomic E-state index is 0.738. The Balaban J connectivity index is 2.66. The van der Waals surface area contributed by atoms with Crippen molar-refractivity contribution in [2.24, 2.45) is 0 Å². The fourth-order valence-electron chi connectivity index (χ4n) is 1.59. The molecule has 0 aromatic carbocycles. The smallest absolute Gasteiger partial charge is 0.139 e. The van der Waals surface area contributed by atoms with Crippen LogP contribution >= 0.6 is 0 Å². The molecule has 3 nitrogen and oxygen atoms in total. The van der Waals surface area contributed by atoms with Crippen LogP contribution in [0.2, 0.25) is 0 Å². The van der Waals surface area contributed by atoms with Crippen LogP contribution < -0.4 is 5.73 Å². The van der Waals surface area contributed by atoms with Gasteiger partial charge in [-0.05, 0) is 24.6 Å². The average molecular weight is 199 g/mol. The van der Waals surface area contributed by atoms with Gasteiger partial charge in [-0.25, -0.2) is 4.98 Å². The summed E-state index contributed by atoms with van der Waals surface area (Å²) in [6.45, 7) is 5.73. The van der Waals surface area contributed by atoms with Crippen LogP contribution in [0.5, 0.6) is 0 Å². The molecule has 0 aliphatic carbocycles. The molecule has 0 radical (unpaired) electrons. The van der Waals surface area contributed by atoms with Crippen molar-refractivity contribution in [3.8, 4) is 0 Å². The molecule has 0 aliphatic rings. The maximum atomic E-state index is 5.85. The zero-order chi connectivity index (χ0) is 10.8. The molecule has 0 spiro atoms. The number of pyridine rings is 1. The lowest BCUT2D eigenvalue weighted by Crippen LogP contribution is -1.85. The van der Waals surface area contributed by atoms with Crippen molar-refractivity contribution in [3.63, 3.8) is 0 Å². The minimum atomic E-state index is 0.738. The lowest BCUT2D eigenvalue weighted by molar-refractivity contribution is 1.30. The zero-order valence-corrected chi connectivity index (χ0v) is 8.62. The fourth-order valence-corrected chi connectivity index (χ4v) is 1.59. The molecule has 76 valence electrons. The van der Waals surface area contributed by atoms with E-state index < -0.39 is 0 Å². The van der Waals surface area contributed by atoms with Crippen molar-refractivity contribution < 1.29 is 0 Å². The van der Waals surface area contributed by atoms with Gasteiger partial charge in [0, 0.05) is 23.0 Å². The monoisotopic (exact) mass is 199 g/mol. The third-order valence-electron chi connectivity index (χ3n) is 2.41. The Morgan fingerprint density at radius 2 is 2.40 bits per heavy atom. The number of aromatic nitrogens is 2. The molecule has 2 aromatic rings. The van der Waals surface area contributed by atoms with E-state index in [-0.39, 0.29) is 0 Å². The Kier molecular flexibility index (Phi) is 2.29. The SMILES string of the molecule is C=C/C(=C\C)c1cc2c(N)ccnc2[nH]1. The summed E-state index contributed by atoms with van der Waals surface area (Å²) >= 11 is 0. The summed E-state index contributed by atoms with van der Waals surface area (Å²) in [5.74, 6) is 0. The highest BCUT2D eigenvalue weighted by Crippen LogP contribution is 2.23. The van der Waals surface area contributed by atoms with Crippen LogP contribution in [0.25, 0.3) is 16.6 Å². The second-order valence-corrected chi connectivity index (χ2v) is 3.29. The highest BCUT2D eigenvalue weighted by Gasteiger charge is 2.05. The molecule has 0 bridgehead atoms. The van der Waals surface area contributed by atoms with E-state index in [0.29, 0.717) is 0 Å².